The summed E-state index contributed by atoms with van der Waals surface area (Å²) in [5.41, 5.74) is 3.04. The number of hydrogen-bond donors (Lipinski definition) is 1. The van der Waals surface area contributed by atoms with Crippen molar-refractivity contribution in [1.82, 2.24) is 15.1 Å². The highest BCUT2D eigenvalue weighted by molar-refractivity contribution is 9.10. The molecule has 120 valence electrons. The van der Waals surface area contributed by atoms with Crippen molar-refractivity contribution in [2.75, 3.05) is 13.6 Å². The van der Waals surface area contributed by atoms with Crippen LogP contribution < -0.4 is 5.32 Å². The molecule has 2 atom stereocenters. The van der Waals surface area contributed by atoms with E-state index in [9.17, 15) is 0 Å². The van der Waals surface area contributed by atoms with Gasteiger partial charge in [-0.1, -0.05) is 20.8 Å². The van der Waals surface area contributed by atoms with Gasteiger partial charge in [0.05, 0.1) is 15.9 Å². The van der Waals surface area contributed by atoms with Gasteiger partial charge < -0.3 is 5.32 Å². The van der Waals surface area contributed by atoms with Crippen LogP contribution in [-0.2, 0) is 19.9 Å². The van der Waals surface area contributed by atoms with E-state index >= 15 is 0 Å². The van der Waals surface area contributed by atoms with E-state index in [-0.39, 0.29) is 0 Å². The van der Waals surface area contributed by atoms with Crippen LogP contribution in [0.15, 0.2) is 4.47 Å². The lowest BCUT2D eigenvalue weighted by molar-refractivity contribution is 0.116. The minimum Gasteiger partial charge on any atom is -0.319 e. The maximum atomic E-state index is 4.66. The fourth-order valence-corrected chi connectivity index (χ4v) is 4.63. The van der Waals surface area contributed by atoms with Crippen LogP contribution >= 0.6 is 15.9 Å². The molecular formula is C17H30BrN3. The van der Waals surface area contributed by atoms with Gasteiger partial charge in [-0.3, -0.25) is 4.68 Å². The molecule has 0 bridgehead atoms. The number of rotatable bonds is 5. The largest absolute Gasteiger partial charge is 0.319 e. The van der Waals surface area contributed by atoms with Gasteiger partial charge in [-0.2, -0.15) is 5.10 Å². The average molecular weight is 356 g/mol. The Morgan fingerprint density at radius 1 is 1.38 bits per heavy atom. The molecule has 1 saturated carbocycles. The van der Waals surface area contributed by atoms with Crippen LogP contribution in [0.3, 0.4) is 0 Å². The van der Waals surface area contributed by atoms with Gasteiger partial charge in [-0.15, -0.1) is 0 Å². The Morgan fingerprint density at radius 3 is 2.67 bits per heavy atom. The molecule has 21 heavy (non-hydrogen) atoms. The second kappa shape index (κ2) is 6.82. The summed E-state index contributed by atoms with van der Waals surface area (Å²) in [7, 11) is 4.16. The van der Waals surface area contributed by atoms with Gasteiger partial charge in [0.2, 0.25) is 0 Å². The lowest BCUT2D eigenvalue weighted by atomic mass is 9.66. The molecule has 1 N–H and O–H groups in total. The highest BCUT2D eigenvalue weighted by atomic mass is 79.9. The Bertz CT molecular complexity index is 479. The van der Waals surface area contributed by atoms with Gasteiger partial charge in [0, 0.05) is 7.05 Å². The van der Waals surface area contributed by atoms with Gasteiger partial charge in [-0.25, -0.2) is 0 Å². The molecule has 0 aliphatic heterocycles. The standard InChI is InChI=1S/C17H30BrN3/c1-6-14-16(18)15(21(5)20-14)9-13-10-17(2,3)8-7-12(13)11-19-4/h12-13,19H,6-11H2,1-5H3. The Labute approximate surface area is 138 Å². The number of aromatic nitrogens is 2. The molecule has 0 saturated heterocycles. The summed E-state index contributed by atoms with van der Waals surface area (Å²) in [4.78, 5) is 0. The molecule has 1 aliphatic carbocycles. The molecule has 0 amide bonds. The maximum absolute atomic E-state index is 4.66. The second-order valence-corrected chi connectivity index (χ2v) is 8.17. The summed E-state index contributed by atoms with van der Waals surface area (Å²) < 4.78 is 3.32. The third-order valence-electron chi connectivity index (χ3n) is 5.10. The van der Waals surface area contributed by atoms with Crippen molar-refractivity contribution in [1.29, 1.82) is 0 Å². The lowest BCUT2D eigenvalue weighted by Crippen LogP contribution is -2.36. The zero-order valence-electron chi connectivity index (χ0n) is 14.2. The molecule has 0 spiro atoms. The summed E-state index contributed by atoms with van der Waals surface area (Å²) in [6, 6.07) is 0. The first-order valence-corrected chi connectivity index (χ1v) is 9.02. The van der Waals surface area contributed by atoms with Gasteiger partial charge in [-0.05, 0) is 78.9 Å². The van der Waals surface area contributed by atoms with Crippen molar-refractivity contribution in [3.8, 4) is 0 Å². The predicted octanol–water partition coefficient (Wildman–Crippen LogP) is 3.95. The van der Waals surface area contributed by atoms with E-state index in [1.807, 2.05) is 0 Å². The summed E-state index contributed by atoms with van der Waals surface area (Å²) >= 11 is 3.78. The van der Waals surface area contributed by atoms with Gasteiger partial charge >= 0.3 is 0 Å². The topological polar surface area (TPSA) is 29.9 Å². The summed E-state index contributed by atoms with van der Waals surface area (Å²) in [5, 5.41) is 8.05. The zero-order chi connectivity index (χ0) is 15.6. The fourth-order valence-electron chi connectivity index (χ4n) is 3.85. The molecule has 1 fully saturated rings. The van der Waals surface area contributed by atoms with E-state index in [0.717, 1.165) is 31.2 Å². The Kier molecular flexibility index (Phi) is 5.53. The highest BCUT2D eigenvalue weighted by Gasteiger charge is 2.35. The number of halogens is 1. The third kappa shape index (κ3) is 3.89. The minimum atomic E-state index is 0.480. The van der Waals surface area contributed by atoms with E-state index in [2.05, 4.69) is 65.9 Å². The van der Waals surface area contributed by atoms with Crippen LogP contribution in [0.4, 0.5) is 0 Å². The fraction of sp³-hybridized carbons (Fsp3) is 0.824. The Hall–Kier alpha value is -0.350. The number of hydrogen-bond acceptors (Lipinski definition) is 2. The van der Waals surface area contributed by atoms with Crippen molar-refractivity contribution in [3.63, 3.8) is 0 Å². The molecule has 1 aromatic heterocycles. The second-order valence-electron chi connectivity index (χ2n) is 7.37. The molecule has 0 radical (unpaired) electrons. The molecule has 3 nitrogen and oxygen atoms in total. The smallest absolute Gasteiger partial charge is 0.0766 e. The molecule has 1 heterocycles. The first-order valence-electron chi connectivity index (χ1n) is 8.22. The quantitative estimate of drug-likeness (QED) is 0.866. The van der Waals surface area contributed by atoms with E-state index in [1.54, 1.807) is 0 Å². The Balaban J connectivity index is 2.20. The molecule has 4 heteroatoms. The van der Waals surface area contributed by atoms with E-state index in [4.69, 9.17) is 0 Å². The molecule has 2 rings (SSSR count). The predicted molar refractivity (Wildman–Crippen MR) is 92.5 cm³/mol. The molecular weight excluding hydrogens is 326 g/mol. The highest BCUT2D eigenvalue weighted by Crippen LogP contribution is 2.43. The van der Waals surface area contributed by atoms with E-state index in [1.165, 1.54) is 35.1 Å². The maximum Gasteiger partial charge on any atom is 0.0766 e. The number of aryl methyl sites for hydroxylation is 2. The van der Waals surface area contributed by atoms with Crippen molar-refractivity contribution in [2.24, 2.45) is 24.3 Å². The van der Waals surface area contributed by atoms with Crippen molar-refractivity contribution in [3.05, 3.63) is 15.9 Å². The van der Waals surface area contributed by atoms with Crippen molar-refractivity contribution in [2.45, 2.75) is 52.9 Å². The number of nitrogens with zero attached hydrogens (tertiary/aromatic N) is 2. The van der Waals surface area contributed by atoms with E-state index in [0.29, 0.717) is 5.41 Å². The monoisotopic (exact) mass is 355 g/mol. The average Bonchev–Trinajstić information content (AvgIpc) is 2.69. The van der Waals surface area contributed by atoms with Crippen molar-refractivity contribution < 1.29 is 0 Å². The van der Waals surface area contributed by atoms with Crippen LogP contribution in [0.25, 0.3) is 0 Å². The summed E-state index contributed by atoms with van der Waals surface area (Å²) in [6.07, 6.45) is 6.14. The lowest BCUT2D eigenvalue weighted by Gasteiger charge is -2.41. The minimum absolute atomic E-state index is 0.480. The van der Waals surface area contributed by atoms with Crippen LogP contribution in [0.5, 0.6) is 0 Å². The first-order chi connectivity index (χ1) is 9.88. The van der Waals surface area contributed by atoms with Crippen LogP contribution in [0.1, 0.15) is 51.4 Å². The third-order valence-corrected chi connectivity index (χ3v) is 6.01. The van der Waals surface area contributed by atoms with E-state index < -0.39 is 0 Å². The van der Waals surface area contributed by atoms with Crippen molar-refractivity contribution >= 4 is 15.9 Å². The van der Waals surface area contributed by atoms with Gasteiger partial charge in [0.1, 0.15) is 0 Å². The molecule has 1 aromatic rings. The zero-order valence-corrected chi connectivity index (χ0v) is 15.8. The number of nitrogens with one attached hydrogen (secondary N) is 1. The van der Waals surface area contributed by atoms with Gasteiger partial charge in [0.15, 0.2) is 0 Å². The molecule has 0 aromatic carbocycles. The van der Waals surface area contributed by atoms with Crippen LogP contribution in [0, 0.1) is 17.3 Å². The van der Waals surface area contributed by atoms with Crippen LogP contribution in [0.2, 0.25) is 0 Å². The SMILES string of the molecule is CCc1nn(C)c(CC2CC(C)(C)CCC2CNC)c1Br. The molecule has 2 unspecified atom stereocenters. The normalized spacial score (nSPS) is 25.2. The van der Waals surface area contributed by atoms with Gasteiger partial charge in [0.25, 0.3) is 0 Å². The first kappa shape index (κ1) is 17.0. The molecule has 1 aliphatic rings. The Morgan fingerprint density at radius 2 is 2.10 bits per heavy atom. The summed E-state index contributed by atoms with van der Waals surface area (Å²) in [5.74, 6) is 1.53. The van der Waals surface area contributed by atoms with Crippen LogP contribution in [-0.4, -0.2) is 23.4 Å². The summed E-state index contributed by atoms with van der Waals surface area (Å²) in [6.45, 7) is 8.15.